The first-order chi connectivity index (χ1) is 9.08. The summed E-state index contributed by atoms with van der Waals surface area (Å²) in [5.74, 6) is 0.217. The summed E-state index contributed by atoms with van der Waals surface area (Å²) >= 11 is 12.5. The van der Waals surface area contributed by atoms with Crippen LogP contribution in [0.3, 0.4) is 0 Å². The minimum atomic E-state index is 0.217. The Morgan fingerprint density at radius 2 is 1.95 bits per heavy atom. The lowest BCUT2D eigenvalue weighted by Crippen LogP contribution is -2.12. The van der Waals surface area contributed by atoms with E-state index < -0.39 is 0 Å². The number of rotatable bonds is 1. The lowest BCUT2D eigenvalue weighted by molar-refractivity contribution is 0.0972. The Bertz CT molecular complexity index is 673. The molecule has 0 amide bonds. The average molecular weight is 294 g/mol. The van der Waals surface area contributed by atoms with Crippen molar-refractivity contribution < 1.29 is 4.79 Å². The van der Waals surface area contributed by atoms with E-state index in [0.29, 0.717) is 16.5 Å². The first kappa shape index (κ1) is 12.8. The van der Waals surface area contributed by atoms with Gasteiger partial charge in [0.2, 0.25) is 0 Å². The predicted octanol–water partition coefficient (Wildman–Crippen LogP) is 4.61. The average Bonchev–Trinajstić information content (AvgIpc) is 2.79. The van der Waals surface area contributed by atoms with E-state index in [-0.39, 0.29) is 5.78 Å². The number of carbonyl (C=O) groups excluding carboxylic acids is 1. The van der Waals surface area contributed by atoms with Gasteiger partial charge in [-0.2, -0.15) is 0 Å². The van der Waals surface area contributed by atoms with Gasteiger partial charge < -0.3 is 4.57 Å². The fraction of sp³-hybridized carbons (Fsp3) is 0.267. The minimum Gasteiger partial charge on any atom is -0.319 e. The van der Waals surface area contributed by atoms with Gasteiger partial charge in [0.15, 0.2) is 5.78 Å². The zero-order valence-electron chi connectivity index (χ0n) is 10.5. The highest BCUT2D eigenvalue weighted by molar-refractivity contribution is 6.35. The minimum absolute atomic E-state index is 0.217. The van der Waals surface area contributed by atoms with Crippen LogP contribution in [-0.4, -0.2) is 10.4 Å². The molecule has 0 aliphatic heterocycles. The summed E-state index contributed by atoms with van der Waals surface area (Å²) in [5.41, 5.74) is 3.65. The number of benzene rings is 1. The highest BCUT2D eigenvalue weighted by Crippen LogP contribution is 2.31. The van der Waals surface area contributed by atoms with Crippen molar-refractivity contribution >= 4 is 29.0 Å². The number of Topliss-reactive ketones (excluding diaryl/α,β-unsaturated/α-hetero) is 1. The van der Waals surface area contributed by atoms with Crippen LogP contribution >= 0.6 is 23.2 Å². The van der Waals surface area contributed by atoms with Gasteiger partial charge in [-0.15, -0.1) is 0 Å². The van der Waals surface area contributed by atoms with Crippen LogP contribution in [0.5, 0.6) is 0 Å². The monoisotopic (exact) mass is 293 g/mol. The van der Waals surface area contributed by atoms with E-state index in [9.17, 15) is 4.79 Å². The molecule has 1 aliphatic carbocycles. The number of hydrogen-bond acceptors (Lipinski definition) is 1. The molecule has 3 rings (SSSR count). The van der Waals surface area contributed by atoms with Crippen molar-refractivity contribution in [3.8, 4) is 5.69 Å². The maximum atomic E-state index is 11.9. The molecule has 1 aliphatic rings. The molecule has 2 nitrogen and oxygen atoms in total. The van der Waals surface area contributed by atoms with Crippen molar-refractivity contribution in [2.45, 2.75) is 26.2 Å². The molecule has 0 N–H and O–H groups in total. The van der Waals surface area contributed by atoms with E-state index in [1.54, 1.807) is 0 Å². The number of fused-ring (bicyclic) bond motifs is 1. The molecule has 0 saturated heterocycles. The first-order valence-corrected chi connectivity index (χ1v) is 7.03. The van der Waals surface area contributed by atoms with E-state index in [1.165, 1.54) is 0 Å². The SMILES string of the molecule is Cc1cc(Cl)c(-n2ccc3c2CCCC3=O)cc1Cl. The number of hydrogen-bond donors (Lipinski definition) is 0. The molecule has 0 unspecified atom stereocenters. The molecule has 98 valence electrons. The Labute approximate surface area is 121 Å². The van der Waals surface area contributed by atoms with E-state index in [2.05, 4.69) is 0 Å². The van der Waals surface area contributed by atoms with Crippen molar-refractivity contribution in [1.82, 2.24) is 4.57 Å². The predicted molar refractivity (Wildman–Crippen MR) is 77.8 cm³/mol. The van der Waals surface area contributed by atoms with Crippen LogP contribution < -0.4 is 0 Å². The fourth-order valence-corrected chi connectivity index (χ4v) is 3.04. The zero-order valence-corrected chi connectivity index (χ0v) is 12.1. The molecule has 0 saturated carbocycles. The Morgan fingerprint density at radius 1 is 1.16 bits per heavy atom. The topological polar surface area (TPSA) is 22.0 Å². The molecule has 0 fully saturated rings. The largest absolute Gasteiger partial charge is 0.319 e. The van der Waals surface area contributed by atoms with Crippen molar-refractivity contribution in [2.24, 2.45) is 0 Å². The zero-order chi connectivity index (χ0) is 13.6. The second-order valence-electron chi connectivity index (χ2n) is 4.88. The van der Waals surface area contributed by atoms with Gasteiger partial charge in [-0.1, -0.05) is 23.2 Å². The molecular formula is C15H13Cl2NO. The molecule has 4 heteroatoms. The summed E-state index contributed by atoms with van der Waals surface area (Å²) in [7, 11) is 0. The third-order valence-electron chi connectivity index (χ3n) is 3.60. The van der Waals surface area contributed by atoms with E-state index in [0.717, 1.165) is 35.3 Å². The summed E-state index contributed by atoms with van der Waals surface area (Å²) in [4.78, 5) is 11.9. The third-order valence-corrected chi connectivity index (χ3v) is 4.31. The second-order valence-corrected chi connectivity index (χ2v) is 5.69. The number of aryl methyl sites for hydroxylation is 1. The van der Waals surface area contributed by atoms with Crippen LogP contribution in [-0.2, 0) is 6.42 Å². The summed E-state index contributed by atoms with van der Waals surface area (Å²) in [6.45, 7) is 1.92. The Balaban J connectivity index is 2.18. The van der Waals surface area contributed by atoms with Gasteiger partial charge in [0.1, 0.15) is 0 Å². The Hall–Kier alpha value is -1.25. The normalized spacial score (nSPS) is 14.6. The smallest absolute Gasteiger partial charge is 0.164 e. The van der Waals surface area contributed by atoms with Gasteiger partial charge in [-0.05, 0) is 43.5 Å². The molecule has 0 bridgehead atoms. The molecule has 0 spiro atoms. The maximum absolute atomic E-state index is 11.9. The summed E-state index contributed by atoms with van der Waals surface area (Å²) in [5, 5.41) is 1.34. The standard InChI is InChI=1S/C15H13Cl2NO/c1-9-7-12(17)14(8-11(9)16)18-6-5-10-13(18)3-2-4-15(10)19/h5-8H,2-4H2,1H3. The van der Waals surface area contributed by atoms with Crippen LogP contribution in [0.15, 0.2) is 24.4 Å². The van der Waals surface area contributed by atoms with Crippen molar-refractivity contribution in [2.75, 3.05) is 0 Å². The van der Waals surface area contributed by atoms with Gasteiger partial charge in [0, 0.05) is 28.9 Å². The number of nitrogens with zero attached hydrogens (tertiary/aromatic N) is 1. The molecule has 2 aromatic rings. The number of halogens is 2. The molecule has 1 aromatic carbocycles. The van der Waals surface area contributed by atoms with Crippen LogP contribution in [0.25, 0.3) is 5.69 Å². The summed E-state index contributed by atoms with van der Waals surface area (Å²) < 4.78 is 1.99. The number of carbonyl (C=O) groups is 1. The summed E-state index contributed by atoms with van der Waals surface area (Å²) in [6, 6.07) is 5.59. The Kier molecular flexibility index (Phi) is 3.15. The molecule has 0 radical (unpaired) electrons. The Morgan fingerprint density at radius 3 is 2.74 bits per heavy atom. The molecule has 1 aromatic heterocycles. The van der Waals surface area contributed by atoms with Gasteiger partial charge in [0.05, 0.1) is 10.7 Å². The first-order valence-electron chi connectivity index (χ1n) is 6.27. The van der Waals surface area contributed by atoms with Crippen LogP contribution in [0, 0.1) is 6.92 Å². The highest BCUT2D eigenvalue weighted by Gasteiger charge is 2.22. The van der Waals surface area contributed by atoms with Crippen molar-refractivity contribution in [1.29, 1.82) is 0 Å². The highest BCUT2D eigenvalue weighted by atomic mass is 35.5. The fourth-order valence-electron chi connectivity index (χ4n) is 2.57. The van der Waals surface area contributed by atoms with Gasteiger partial charge >= 0.3 is 0 Å². The summed E-state index contributed by atoms with van der Waals surface area (Å²) in [6.07, 6.45) is 4.34. The molecule has 1 heterocycles. The quantitative estimate of drug-likeness (QED) is 0.752. The van der Waals surface area contributed by atoms with Crippen LogP contribution in [0.2, 0.25) is 10.0 Å². The van der Waals surface area contributed by atoms with Gasteiger partial charge in [-0.3, -0.25) is 4.79 Å². The van der Waals surface area contributed by atoms with Gasteiger partial charge in [-0.25, -0.2) is 0 Å². The third kappa shape index (κ3) is 2.09. The van der Waals surface area contributed by atoms with E-state index in [4.69, 9.17) is 23.2 Å². The lowest BCUT2D eigenvalue weighted by atomic mass is 9.97. The maximum Gasteiger partial charge on any atom is 0.164 e. The lowest BCUT2D eigenvalue weighted by Gasteiger charge is -2.16. The number of aromatic nitrogens is 1. The van der Waals surface area contributed by atoms with Gasteiger partial charge in [0.25, 0.3) is 0 Å². The van der Waals surface area contributed by atoms with Crippen molar-refractivity contribution in [3.05, 3.63) is 51.3 Å². The molecule has 19 heavy (non-hydrogen) atoms. The van der Waals surface area contributed by atoms with E-state index >= 15 is 0 Å². The molecular weight excluding hydrogens is 281 g/mol. The number of ketones is 1. The van der Waals surface area contributed by atoms with Crippen LogP contribution in [0.1, 0.15) is 34.5 Å². The van der Waals surface area contributed by atoms with Crippen molar-refractivity contribution in [3.63, 3.8) is 0 Å². The van der Waals surface area contributed by atoms with Crippen LogP contribution in [0.4, 0.5) is 0 Å². The second kappa shape index (κ2) is 4.69. The van der Waals surface area contributed by atoms with E-state index in [1.807, 2.05) is 35.9 Å². The molecule has 0 atom stereocenters.